The third kappa shape index (κ3) is 5.78. The molecule has 31 heavy (non-hydrogen) atoms. The topological polar surface area (TPSA) is 131 Å². The Bertz CT molecular complexity index is 1060. The molecule has 0 aliphatic heterocycles. The number of carboxylic acids is 1. The molecule has 2 amide bonds. The first kappa shape index (κ1) is 21.8. The van der Waals surface area contributed by atoms with Crippen LogP contribution < -0.4 is 10.6 Å². The van der Waals surface area contributed by atoms with Crippen LogP contribution in [0.2, 0.25) is 0 Å². The highest BCUT2D eigenvalue weighted by molar-refractivity contribution is 6.07. The van der Waals surface area contributed by atoms with Crippen molar-refractivity contribution < 1.29 is 19.5 Å². The van der Waals surface area contributed by atoms with Crippen molar-refractivity contribution in [2.75, 3.05) is 11.9 Å². The number of benzene rings is 1. The molecule has 0 saturated heterocycles. The number of aromatic nitrogens is 4. The molecule has 0 saturated carbocycles. The van der Waals surface area contributed by atoms with Crippen LogP contribution in [0.4, 0.5) is 5.69 Å². The fraction of sp³-hybridized carbons (Fsp3) is 0.286. The van der Waals surface area contributed by atoms with E-state index in [-0.39, 0.29) is 30.0 Å². The van der Waals surface area contributed by atoms with E-state index in [9.17, 15) is 14.4 Å². The Morgan fingerprint density at radius 2 is 1.87 bits per heavy atom. The zero-order chi connectivity index (χ0) is 22.2. The molecule has 10 nitrogen and oxygen atoms in total. The van der Waals surface area contributed by atoms with Crippen LogP contribution in [0.25, 0.3) is 0 Å². The molecule has 0 aliphatic rings. The summed E-state index contributed by atoms with van der Waals surface area (Å²) >= 11 is 0. The Kier molecular flexibility index (Phi) is 7.15. The molecule has 0 spiro atoms. The Morgan fingerprint density at radius 1 is 1.10 bits per heavy atom. The molecular weight excluding hydrogens is 400 g/mol. The van der Waals surface area contributed by atoms with E-state index >= 15 is 0 Å². The molecule has 2 aromatic heterocycles. The molecule has 0 bridgehead atoms. The highest BCUT2D eigenvalue weighted by Gasteiger charge is 2.20. The second-order valence-corrected chi connectivity index (χ2v) is 6.78. The van der Waals surface area contributed by atoms with Gasteiger partial charge in [0.15, 0.2) is 5.69 Å². The molecular formula is C21H24N6O4. The van der Waals surface area contributed by atoms with Gasteiger partial charge in [0, 0.05) is 25.5 Å². The molecule has 10 heteroatoms. The second kappa shape index (κ2) is 10.2. The van der Waals surface area contributed by atoms with Crippen molar-refractivity contribution in [3.8, 4) is 0 Å². The molecule has 162 valence electrons. The van der Waals surface area contributed by atoms with Crippen LogP contribution in [0.5, 0.6) is 0 Å². The minimum Gasteiger partial charge on any atom is -0.481 e. The van der Waals surface area contributed by atoms with Gasteiger partial charge in [-0.25, -0.2) is 0 Å². The van der Waals surface area contributed by atoms with Crippen LogP contribution in [0.15, 0.2) is 48.8 Å². The maximum Gasteiger partial charge on any atom is 0.305 e. The number of anilines is 1. The van der Waals surface area contributed by atoms with Gasteiger partial charge in [-0.15, -0.1) is 0 Å². The van der Waals surface area contributed by atoms with Gasteiger partial charge in [0.05, 0.1) is 18.7 Å². The van der Waals surface area contributed by atoms with E-state index in [1.165, 1.54) is 16.9 Å². The summed E-state index contributed by atoms with van der Waals surface area (Å²) < 4.78 is 2.87. The van der Waals surface area contributed by atoms with E-state index in [1.54, 1.807) is 10.9 Å². The number of nitrogens with one attached hydrogen (secondary N) is 2. The number of hydrogen-bond donors (Lipinski definition) is 3. The minimum atomic E-state index is -0.986. The maximum absolute atomic E-state index is 12.7. The number of carboxylic acid groups (broad SMARTS) is 1. The molecule has 0 radical (unpaired) electrons. The summed E-state index contributed by atoms with van der Waals surface area (Å²) in [5.41, 5.74) is 1.68. The first-order valence-electron chi connectivity index (χ1n) is 9.92. The largest absolute Gasteiger partial charge is 0.481 e. The van der Waals surface area contributed by atoms with Crippen LogP contribution in [0, 0.1) is 0 Å². The first-order chi connectivity index (χ1) is 15.0. The number of rotatable bonds is 10. The number of nitrogens with zero attached hydrogens (tertiary/aromatic N) is 4. The lowest BCUT2D eigenvalue weighted by atomic mass is 10.1. The molecule has 0 aliphatic carbocycles. The second-order valence-electron chi connectivity index (χ2n) is 6.78. The van der Waals surface area contributed by atoms with E-state index in [4.69, 9.17) is 5.11 Å². The summed E-state index contributed by atoms with van der Waals surface area (Å²) in [5, 5.41) is 22.6. The summed E-state index contributed by atoms with van der Waals surface area (Å²) in [6.07, 6.45) is 3.52. The molecule has 1 aromatic carbocycles. The number of aryl methyl sites for hydroxylation is 2. The highest BCUT2D eigenvalue weighted by atomic mass is 16.4. The van der Waals surface area contributed by atoms with Crippen molar-refractivity contribution in [3.05, 3.63) is 65.7 Å². The zero-order valence-electron chi connectivity index (χ0n) is 17.1. The summed E-state index contributed by atoms with van der Waals surface area (Å²) in [4.78, 5) is 36.2. The smallest absolute Gasteiger partial charge is 0.305 e. The SMILES string of the molecule is CCn1cc(NC(=O)c2ccnn2CCC(=O)O)c(C(=O)NCCc2ccccc2)n1. The number of aliphatic carboxylic acids is 1. The van der Waals surface area contributed by atoms with E-state index in [2.05, 4.69) is 20.8 Å². The first-order valence-corrected chi connectivity index (χ1v) is 9.92. The average Bonchev–Trinajstić information content (AvgIpc) is 3.39. The molecule has 0 unspecified atom stereocenters. The van der Waals surface area contributed by atoms with Gasteiger partial charge in [-0.05, 0) is 25.0 Å². The number of carbonyl (C=O) groups is 3. The summed E-state index contributed by atoms with van der Waals surface area (Å²) in [7, 11) is 0. The molecule has 2 heterocycles. The van der Waals surface area contributed by atoms with E-state index < -0.39 is 17.8 Å². The number of carbonyl (C=O) groups excluding carboxylic acids is 2. The third-order valence-electron chi connectivity index (χ3n) is 4.58. The van der Waals surface area contributed by atoms with Crippen LogP contribution in [0.1, 0.15) is 39.9 Å². The standard InChI is InChI=1S/C21H24N6O4/c1-2-26-14-16(24-20(30)17-9-12-23-27(17)13-10-18(28)29)19(25-26)21(31)22-11-8-15-6-4-3-5-7-15/h3-7,9,12,14H,2,8,10-11,13H2,1H3,(H,22,31)(H,24,30)(H,28,29). The van der Waals surface area contributed by atoms with Gasteiger partial charge in [-0.3, -0.25) is 23.7 Å². The molecule has 0 atom stereocenters. The number of amides is 2. The quantitative estimate of drug-likeness (QED) is 0.455. The van der Waals surface area contributed by atoms with Gasteiger partial charge in [-0.1, -0.05) is 30.3 Å². The monoisotopic (exact) mass is 424 g/mol. The Balaban J connectivity index is 1.68. The highest BCUT2D eigenvalue weighted by Crippen LogP contribution is 2.16. The van der Waals surface area contributed by atoms with E-state index in [0.717, 1.165) is 5.56 Å². The number of hydrogen-bond acceptors (Lipinski definition) is 5. The summed E-state index contributed by atoms with van der Waals surface area (Å²) in [5.74, 6) is -1.88. The van der Waals surface area contributed by atoms with Crippen molar-refractivity contribution in [1.29, 1.82) is 0 Å². The predicted octanol–water partition coefficient (Wildman–Crippen LogP) is 1.80. The van der Waals surface area contributed by atoms with Gasteiger partial charge < -0.3 is 15.7 Å². The molecule has 0 fully saturated rings. The van der Waals surface area contributed by atoms with Crippen LogP contribution in [0.3, 0.4) is 0 Å². The molecule has 3 rings (SSSR count). The predicted molar refractivity (Wildman–Crippen MR) is 113 cm³/mol. The van der Waals surface area contributed by atoms with Gasteiger partial charge in [0.1, 0.15) is 5.69 Å². The average molecular weight is 424 g/mol. The Morgan fingerprint density at radius 3 is 2.58 bits per heavy atom. The fourth-order valence-corrected chi connectivity index (χ4v) is 2.98. The van der Waals surface area contributed by atoms with Crippen LogP contribution >= 0.6 is 0 Å². The third-order valence-corrected chi connectivity index (χ3v) is 4.58. The summed E-state index contributed by atoms with van der Waals surface area (Å²) in [6, 6.07) is 11.3. The van der Waals surface area contributed by atoms with Gasteiger partial charge in [-0.2, -0.15) is 10.2 Å². The van der Waals surface area contributed by atoms with Gasteiger partial charge >= 0.3 is 5.97 Å². The lowest BCUT2D eigenvalue weighted by Crippen LogP contribution is -2.27. The Hall–Kier alpha value is -3.95. The molecule has 3 aromatic rings. The van der Waals surface area contributed by atoms with E-state index in [0.29, 0.717) is 19.5 Å². The Labute approximate surface area is 178 Å². The maximum atomic E-state index is 12.7. The molecule has 3 N–H and O–H groups in total. The van der Waals surface area contributed by atoms with Crippen LogP contribution in [-0.4, -0.2) is 49.0 Å². The van der Waals surface area contributed by atoms with Crippen molar-refractivity contribution >= 4 is 23.5 Å². The zero-order valence-corrected chi connectivity index (χ0v) is 17.1. The van der Waals surface area contributed by atoms with Gasteiger partial charge in [0.25, 0.3) is 11.8 Å². The van der Waals surface area contributed by atoms with Crippen LogP contribution in [-0.2, 0) is 24.3 Å². The van der Waals surface area contributed by atoms with Crippen molar-refractivity contribution in [1.82, 2.24) is 24.9 Å². The van der Waals surface area contributed by atoms with Crippen molar-refractivity contribution in [3.63, 3.8) is 0 Å². The summed E-state index contributed by atoms with van der Waals surface area (Å²) in [6.45, 7) is 2.89. The van der Waals surface area contributed by atoms with Crippen molar-refractivity contribution in [2.24, 2.45) is 0 Å². The van der Waals surface area contributed by atoms with Crippen molar-refractivity contribution in [2.45, 2.75) is 32.9 Å². The van der Waals surface area contributed by atoms with Gasteiger partial charge in [0.2, 0.25) is 0 Å². The lowest BCUT2D eigenvalue weighted by molar-refractivity contribution is -0.137. The minimum absolute atomic E-state index is 0.0616. The lowest BCUT2D eigenvalue weighted by Gasteiger charge is -2.08. The normalized spacial score (nSPS) is 10.6. The van der Waals surface area contributed by atoms with E-state index in [1.807, 2.05) is 37.3 Å². The fourth-order valence-electron chi connectivity index (χ4n) is 2.98.